The van der Waals surface area contributed by atoms with Crippen LogP contribution in [0.2, 0.25) is 0 Å². The highest BCUT2D eigenvalue weighted by Crippen LogP contribution is 2.38. The number of nitrogens with zero attached hydrogens (tertiary/aromatic N) is 1. The number of benzene rings is 2. The molecule has 13 heteroatoms. The summed E-state index contributed by atoms with van der Waals surface area (Å²) < 4.78 is 118. The summed E-state index contributed by atoms with van der Waals surface area (Å²) in [6.45, 7) is 0.264. The third kappa shape index (κ3) is 6.19. The minimum atomic E-state index is -5.13. The Morgan fingerprint density at radius 2 is 1.34 bits per heavy atom. The topological polar surface area (TPSA) is 40.5 Å². The maximum atomic E-state index is 13.1. The third-order valence-electron chi connectivity index (χ3n) is 4.49. The molecule has 32 heavy (non-hydrogen) atoms. The van der Waals surface area contributed by atoms with Crippen molar-refractivity contribution in [1.82, 2.24) is 4.90 Å². The molecular formula is C19H13F9INO2. The summed E-state index contributed by atoms with van der Waals surface area (Å²) in [6.07, 6.45) is -16.7. The summed E-state index contributed by atoms with van der Waals surface area (Å²) in [5.74, 6) is 0. The number of rotatable bonds is 4. The highest BCUT2D eigenvalue weighted by atomic mass is 127. The van der Waals surface area contributed by atoms with Crippen molar-refractivity contribution >= 4 is 28.7 Å². The van der Waals surface area contributed by atoms with Gasteiger partial charge in [0.05, 0.1) is 22.7 Å². The quantitative estimate of drug-likeness (QED) is 0.297. The molecule has 0 spiro atoms. The van der Waals surface area contributed by atoms with Crippen LogP contribution in [0.1, 0.15) is 40.8 Å². The second-order valence-electron chi connectivity index (χ2n) is 6.73. The lowest BCUT2D eigenvalue weighted by Gasteiger charge is -2.28. The van der Waals surface area contributed by atoms with Crippen molar-refractivity contribution in [2.24, 2.45) is 0 Å². The van der Waals surface area contributed by atoms with Crippen LogP contribution in [0.25, 0.3) is 0 Å². The summed E-state index contributed by atoms with van der Waals surface area (Å²) in [4.78, 5) is 12.2. The second kappa shape index (κ2) is 8.98. The molecule has 1 unspecified atom stereocenters. The van der Waals surface area contributed by atoms with E-state index in [-0.39, 0.29) is 15.2 Å². The van der Waals surface area contributed by atoms with Crippen molar-refractivity contribution in [3.05, 3.63) is 67.8 Å². The Hall–Kier alpha value is -2.19. The SMILES string of the molecule is CC(c1cc(C(F)(F)F)ccc1I)N(Cc1cc(C(F)(F)F)cc(C(F)(F)F)c1)C(=O)O. The molecule has 0 saturated carbocycles. The van der Waals surface area contributed by atoms with Gasteiger partial charge in [0.25, 0.3) is 0 Å². The zero-order valence-electron chi connectivity index (χ0n) is 15.8. The second-order valence-corrected chi connectivity index (χ2v) is 7.90. The Labute approximate surface area is 189 Å². The fraction of sp³-hybridized carbons (Fsp3) is 0.316. The highest BCUT2D eigenvalue weighted by molar-refractivity contribution is 14.1. The number of hydrogen-bond acceptors (Lipinski definition) is 1. The number of alkyl halides is 9. The smallest absolute Gasteiger partial charge is 0.416 e. The molecule has 1 N–H and O–H groups in total. The summed E-state index contributed by atoms with van der Waals surface area (Å²) in [5, 5.41) is 9.50. The predicted octanol–water partition coefficient (Wildman–Crippen LogP) is 7.59. The number of amides is 1. The first-order chi connectivity index (χ1) is 14.4. The molecule has 176 valence electrons. The number of carbonyl (C=O) groups is 1. The van der Waals surface area contributed by atoms with Gasteiger partial charge in [-0.2, -0.15) is 39.5 Å². The van der Waals surface area contributed by atoms with Gasteiger partial charge in [0.2, 0.25) is 0 Å². The largest absolute Gasteiger partial charge is 0.465 e. The van der Waals surface area contributed by atoms with Gasteiger partial charge in [-0.3, -0.25) is 4.90 Å². The summed E-state index contributed by atoms with van der Waals surface area (Å²) in [5.41, 5.74) is -5.07. The maximum Gasteiger partial charge on any atom is 0.416 e. The molecular weight excluding hydrogens is 572 g/mol. The van der Waals surface area contributed by atoms with Gasteiger partial charge in [0.15, 0.2) is 0 Å². The highest BCUT2D eigenvalue weighted by Gasteiger charge is 2.38. The van der Waals surface area contributed by atoms with Crippen molar-refractivity contribution in [2.45, 2.75) is 38.0 Å². The van der Waals surface area contributed by atoms with Crippen LogP contribution >= 0.6 is 22.6 Å². The van der Waals surface area contributed by atoms with Crippen LogP contribution < -0.4 is 0 Å². The van der Waals surface area contributed by atoms with E-state index in [2.05, 4.69) is 0 Å². The van der Waals surface area contributed by atoms with E-state index in [0.29, 0.717) is 23.1 Å². The van der Waals surface area contributed by atoms with Crippen LogP contribution in [-0.2, 0) is 25.1 Å². The Morgan fingerprint density at radius 1 is 0.875 bits per heavy atom. The van der Waals surface area contributed by atoms with Gasteiger partial charge < -0.3 is 5.11 Å². The molecule has 0 heterocycles. The van der Waals surface area contributed by atoms with Crippen LogP contribution in [0, 0.1) is 3.57 Å². The molecule has 0 radical (unpaired) electrons. The molecule has 2 aromatic rings. The van der Waals surface area contributed by atoms with Gasteiger partial charge in [0.1, 0.15) is 0 Å². The molecule has 0 aliphatic heterocycles. The third-order valence-corrected chi connectivity index (χ3v) is 5.47. The van der Waals surface area contributed by atoms with Gasteiger partial charge in [-0.15, -0.1) is 0 Å². The molecule has 0 fully saturated rings. The summed E-state index contributed by atoms with van der Waals surface area (Å²) in [6, 6.07) is 1.87. The molecule has 0 saturated heterocycles. The summed E-state index contributed by atoms with van der Waals surface area (Å²) >= 11 is 1.66. The minimum absolute atomic E-state index is 0.103. The minimum Gasteiger partial charge on any atom is -0.465 e. The fourth-order valence-corrected chi connectivity index (χ4v) is 3.67. The van der Waals surface area contributed by atoms with Crippen molar-refractivity contribution < 1.29 is 49.4 Å². The number of carboxylic acid groups (broad SMARTS) is 1. The zero-order valence-corrected chi connectivity index (χ0v) is 18.0. The van der Waals surface area contributed by atoms with E-state index in [4.69, 9.17) is 0 Å². The molecule has 2 aromatic carbocycles. The molecule has 0 aromatic heterocycles. The fourth-order valence-electron chi connectivity index (χ4n) is 2.89. The van der Waals surface area contributed by atoms with E-state index in [1.165, 1.54) is 6.92 Å². The van der Waals surface area contributed by atoms with Gasteiger partial charge >= 0.3 is 24.6 Å². The number of hydrogen-bond donors (Lipinski definition) is 1. The molecule has 1 amide bonds. The van der Waals surface area contributed by atoms with Crippen LogP contribution in [0.4, 0.5) is 44.3 Å². The van der Waals surface area contributed by atoms with Crippen molar-refractivity contribution in [3.8, 4) is 0 Å². The summed E-state index contributed by atoms with van der Waals surface area (Å²) in [7, 11) is 0. The first kappa shape index (κ1) is 26.1. The van der Waals surface area contributed by atoms with Crippen LogP contribution in [0.5, 0.6) is 0 Å². The van der Waals surface area contributed by atoms with E-state index in [0.717, 1.165) is 12.1 Å². The molecule has 2 rings (SSSR count). The Balaban J connectivity index is 2.53. The molecule has 1 atom stereocenters. The first-order valence-corrected chi connectivity index (χ1v) is 9.63. The zero-order chi connectivity index (χ0) is 24.6. The normalized spacial score (nSPS) is 13.7. The standard InChI is InChI=1S/C19H13F9INO2/c1-9(14-7-11(17(20,21)22)2-3-15(14)29)30(16(31)32)8-10-4-12(18(23,24)25)6-13(5-10)19(26,27)28/h2-7,9H,8H2,1H3,(H,31,32). The maximum absolute atomic E-state index is 13.1. The lowest BCUT2D eigenvalue weighted by molar-refractivity contribution is -0.143. The van der Waals surface area contributed by atoms with E-state index in [1.807, 2.05) is 0 Å². The predicted molar refractivity (Wildman–Crippen MR) is 103 cm³/mol. The van der Waals surface area contributed by atoms with E-state index in [1.54, 1.807) is 22.6 Å². The average Bonchev–Trinajstić information content (AvgIpc) is 2.63. The average molecular weight is 585 g/mol. The Kier molecular flexibility index (Phi) is 7.32. The monoisotopic (exact) mass is 585 g/mol. The lowest BCUT2D eigenvalue weighted by atomic mass is 10.0. The van der Waals surface area contributed by atoms with Crippen molar-refractivity contribution in [1.29, 1.82) is 0 Å². The lowest BCUT2D eigenvalue weighted by Crippen LogP contribution is -2.32. The van der Waals surface area contributed by atoms with Crippen LogP contribution in [0.15, 0.2) is 36.4 Å². The molecule has 0 aliphatic rings. The van der Waals surface area contributed by atoms with E-state index in [9.17, 15) is 49.4 Å². The van der Waals surface area contributed by atoms with Crippen LogP contribution in [-0.4, -0.2) is 16.1 Å². The number of halogens is 10. The van der Waals surface area contributed by atoms with Crippen molar-refractivity contribution in [2.75, 3.05) is 0 Å². The van der Waals surface area contributed by atoms with E-state index < -0.39 is 59.5 Å². The molecule has 3 nitrogen and oxygen atoms in total. The van der Waals surface area contributed by atoms with Crippen molar-refractivity contribution in [3.63, 3.8) is 0 Å². The van der Waals surface area contributed by atoms with Crippen LogP contribution in [0.3, 0.4) is 0 Å². The molecule has 0 bridgehead atoms. The van der Waals surface area contributed by atoms with Gasteiger partial charge in [0, 0.05) is 10.1 Å². The van der Waals surface area contributed by atoms with Gasteiger partial charge in [-0.05, 0) is 77.0 Å². The van der Waals surface area contributed by atoms with Gasteiger partial charge in [-0.1, -0.05) is 0 Å². The van der Waals surface area contributed by atoms with E-state index >= 15 is 0 Å². The Bertz CT molecular complexity index is 968. The Morgan fingerprint density at radius 3 is 1.75 bits per heavy atom. The molecule has 0 aliphatic carbocycles. The van der Waals surface area contributed by atoms with Gasteiger partial charge in [-0.25, -0.2) is 4.79 Å². The first-order valence-electron chi connectivity index (χ1n) is 8.56.